The largest absolute Gasteiger partial charge is 0.459 e. The molecule has 2 atom stereocenters. The number of carbonyl (C=O) groups excluding carboxylic acids is 1. The molecule has 1 aliphatic heterocycles. The number of furan rings is 1. The fourth-order valence-corrected chi connectivity index (χ4v) is 3.94. The van der Waals surface area contributed by atoms with Crippen molar-refractivity contribution >= 4 is 35.8 Å². The third kappa shape index (κ3) is 4.17. The Bertz CT molecular complexity index is 684. The molecular weight excluding hydrogens is 471 g/mol. The van der Waals surface area contributed by atoms with Crippen LogP contribution in [0.4, 0.5) is 0 Å². The minimum atomic E-state index is -0.115. The number of rotatable bonds is 4. The molecule has 1 aliphatic carbocycles. The van der Waals surface area contributed by atoms with Gasteiger partial charge in [-0.05, 0) is 32.4 Å². The number of carbonyl (C=O) groups is 1. The molecule has 2 unspecified atom stereocenters. The lowest BCUT2D eigenvalue weighted by Gasteiger charge is -2.59. The number of nitrogens with zero attached hydrogens (tertiary/aromatic N) is 3. The monoisotopic (exact) mass is 504 g/mol. The third-order valence-corrected chi connectivity index (χ3v) is 6.49. The first-order chi connectivity index (χ1) is 12.8. The van der Waals surface area contributed by atoms with Crippen LogP contribution in [0.5, 0.6) is 0 Å². The molecule has 2 fully saturated rings. The first-order valence-electron chi connectivity index (χ1n) is 9.76. The molecule has 158 valence electrons. The Kier molecular flexibility index (Phi) is 7.41. The Morgan fingerprint density at radius 1 is 1.29 bits per heavy atom. The van der Waals surface area contributed by atoms with Gasteiger partial charge in [-0.1, -0.05) is 13.8 Å². The molecule has 1 saturated carbocycles. The molecule has 28 heavy (non-hydrogen) atoms. The van der Waals surface area contributed by atoms with Gasteiger partial charge in [0, 0.05) is 51.3 Å². The maximum atomic E-state index is 12.4. The number of amides is 1. The van der Waals surface area contributed by atoms with Crippen LogP contribution in [-0.4, -0.2) is 73.1 Å². The van der Waals surface area contributed by atoms with Crippen molar-refractivity contribution < 1.29 is 13.9 Å². The summed E-state index contributed by atoms with van der Waals surface area (Å²) < 4.78 is 11.0. The van der Waals surface area contributed by atoms with E-state index in [0.717, 1.165) is 32.0 Å². The second-order valence-corrected chi connectivity index (χ2v) is 8.11. The van der Waals surface area contributed by atoms with E-state index in [-0.39, 0.29) is 40.9 Å². The fourth-order valence-electron chi connectivity index (χ4n) is 3.94. The van der Waals surface area contributed by atoms with Gasteiger partial charge in [-0.2, -0.15) is 0 Å². The minimum absolute atomic E-state index is 0. The SMILES string of the molecule is CCN=C(NC1CC(C)(OC)C1(C)C)N1CCN(C(=O)c2ccco2)CC1.I. The Hall–Kier alpha value is -1.29. The van der Waals surface area contributed by atoms with E-state index < -0.39 is 0 Å². The van der Waals surface area contributed by atoms with Crippen LogP contribution < -0.4 is 5.32 Å². The Labute approximate surface area is 184 Å². The van der Waals surface area contributed by atoms with E-state index in [1.54, 1.807) is 19.2 Å². The first kappa shape index (κ1) is 23.0. The maximum absolute atomic E-state index is 12.4. The molecule has 1 aromatic heterocycles. The van der Waals surface area contributed by atoms with Crippen LogP contribution in [0.2, 0.25) is 0 Å². The van der Waals surface area contributed by atoms with Crippen molar-refractivity contribution in [3.63, 3.8) is 0 Å². The zero-order valence-electron chi connectivity index (χ0n) is 17.5. The van der Waals surface area contributed by atoms with Gasteiger partial charge in [0.2, 0.25) is 0 Å². The number of nitrogens with one attached hydrogen (secondary N) is 1. The molecule has 0 spiro atoms. The average Bonchev–Trinajstić information content (AvgIpc) is 3.21. The number of guanidine groups is 1. The lowest BCUT2D eigenvalue weighted by Crippen LogP contribution is -2.70. The normalized spacial score (nSPS) is 27.0. The van der Waals surface area contributed by atoms with Gasteiger partial charge in [0.15, 0.2) is 11.7 Å². The van der Waals surface area contributed by atoms with E-state index in [9.17, 15) is 4.79 Å². The summed E-state index contributed by atoms with van der Waals surface area (Å²) in [6.45, 7) is 12.2. The number of halogens is 1. The molecular formula is C20H33IN4O3. The molecule has 7 nitrogen and oxygen atoms in total. The molecule has 8 heteroatoms. The topological polar surface area (TPSA) is 70.3 Å². The summed E-state index contributed by atoms with van der Waals surface area (Å²) in [4.78, 5) is 21.2. The highest BCUT2D eigenvalue weighted by Crippen LogP contribution is 2.51. The van der Waals surface area contributed by atoms with Crippen LogP contribution in [0.3, 0.4) is 0 Å². The highest BCUT2D eigenvalue weighted by atomic mass is 127. The standard InChI is InChI=1S/C20H32N4O3.HI/c1-6-21-18(22-16-14-20(4,26-5)19(16,2)3)24-11-9-23(10-12-24)17(25)15-8-7-13-27-15;/h7-8,13,16H,6,9-12,14H2,1-5H3,(H,21,22);1H. The summed E-state index contributed by atoms with van der Waals surface area (Å²) in [6.07, 6.45) is 2.49. The van der Waals surface area contributed by atoms with Gasteiger partial charge in [-0.15, -0.1) is 24.0 Å². The van der Waals surface area contributed by atoms with Crippen molar-refractivity contribution in [1.82, 2.24) is 15.1 Å². The molecule has 1 N–H and O–H groups in total. The van der Waals surface area contributed by atoms with Crippen molar-refractivity contribution in [3.8, 4) is 0 Å². The highest BCUT2D eigenvalue weighted by molar-refractivity contribution is 14.0. The average molecular weight is 504 g/mol. The summed E-state index contributed by atoms with van der Waals surface area (Å²) in [5, 5.41) is 3.65. The van der Waals surface area contributed by atoms with Gasteiger partial charge in [0.25, 0.3) is 5.91 Å². The Morgan fingerprint density at radius 2 is 1.93 bits per heavy atom. The van der Waals surface area contributed by atoms with Gasteiger partial charge in [0.05, 0.1) is 11.9 Å². The van der Waals surface area contributed by atoms with Gasteiger partial charge < -0.3 is 24.3 Å². The maximum Gasteiger partial charge on any atom is 0.289 e. The number of aliphatic imine (C=N–C) groups is 1. The molecule has 0 bridgehead atoms. The summed E-state index contributed by atoms with van der Waals surface area (Å²) in [5.74, 6) is 1.29. The summed E-state index contributed by atoms with van der Waals surface area (Å²) in [7, 11) is 1.79. The quantitative estimate of drug-likeness (QED) is 0.388. The second kappa shape index (κ2) is 9.02. The van der Waals surface area contributed by atoms with E-state index in [0.29, 0.717) is 24.9 Å². The Morgan fingerprint density at radius 3 is 2.43 bits per heavy atom. The lowest BCUT2D eigenvalue weighted by atomic mass is 9.56. The Balaban J connectivity index is 0.00000280. The van der Waals surface area contributed by atoms with Gasteiger partial charge >= 0.3 is 0 Å². The second-order valence-electron chi connectivity index (χ2n) is 8.11. The highest BCUT2D eigenvalue weighted by Gasteiger charge is 2.58. The van der Waals surface area contributed by atoms with Crippen molar-refractivity contribution in [3.05, 3.63) is 24.2 Å². The lowest BCUT2D eigenvalue weighted by molar-refractivity contribution is -0.177. The van der Waals surface area contributed by atoms with Crippen molar-refractivity contribution in [2.24, 2.45) is 10.4 Å². The zero-order valence-corrected chi connectivity index (χ0v) is 19.9. The van der Waals surface area contributed by atoms with E-state index >= 15 is 0 Å². The fraction of sp³-hybridized carbons (Fsp3) is 0.700. The van der Waals surface area contributed by atoms with Crippen LogP contribution in [0.1, 0.15) is 44.7 Å². The molecule has 1 saturated heterocycles. The zero-order chi connectivity index (χ0) is 19.7. The summed E-state index contributed by atoms with van der Waals surface area (Å²) >= 11 is 0. The summed E-state index contributed by atoms with van der Waals surface area (Å²) in [6, 6.07) is 3.77. The molecule has 3 rings (SSSR count). The van der Waals surface area contributed by atoms with Gasteiger partial charge in [-0.25, -0.2) is 0 Å². The van der Waals surface area contributed by atoms with Crippen LogP contribution >= 0.6 is 24.0 Å². The predicted octanol–water partition coefficient (Wildman–Crippen LogP) is 2.82. The molecule has 2 heterocycles. The van der Waals surface area contributed by atoms with Crippen LogP contribution in [0.15, 0.2) is 27.8 Å². The molecule has 1 aromatic rings. The minimum Gasteiger partial charge on any atom is -0.459 e. The number of hydrogen-bond acceptors (Lipinski definition) is 4. The molecule has 0 aromatic carbocycles. The van der Waals surface area contributed by atoms with Crippen molar-refractivity contribution in [2.75, 3.05) is 39.8 Å². The molecule has 1 amide bonds. The van der Waals surface area contributed by atoms with Crippen LogP contribution in [0, 0.1) is 5.41 Å². The smallest absolute Gasteiger partial charge is 0.289 e. The van der Waals surface area contributed by atoms with E-state index in [4.69, 9.17) is 14.1 Å². The number of methoxy groups -OCH3 is 1. The van der Waals surface area contributed by atoms with Crippen molar-refractivity contribution in [2.45, 2.75) is 45.8 Å². The summed E-state index contributed by atoms with van der Waals surface area (Å²) in [5.41, 5.74) is -0.0938. The van der Waals surface area contributed by atoms with Crippen LogP contribution in [0.25, 0.3) is 0 Å². The van der Waals surface area contributed by atoms with Crippen molar-refractivity contribution in [1.29, 1.82) is 0 Å². The van der Waals surface area contributed by atoms with Gasteiger partial charge in [-0.3, -0.25) is 9.79 Å². The van der Waals surface area contributed by atoms with E-state index in [1.165, 1.54) is 6.26 Å². The van der Waals surface area contributed by atoms with E-state index in [2.05, 4.69) is 31.0 Å². The number of ether oxygens (including phenoxy) is 1. The number of hydrogen-bond donors (Lipinski definition) is 1. The number of piperazine rings is 1. The first-order valence-corrected chi connectivity index (χ1v) is 9.76. The predicted molar refractivity (Wildman–Crippen MR) is 120 cm³/mol. The molecule has 0 radical (unpaired) electrons. The van der Waals surface area contributed by atoms with Crippen LogP contribution in [-0.2, 0) is 4.74 Å². The molecule has 2 aliphatic rings. The third-order valence-electron chi connectivity index (χ3n) is 6.49. The van der Waals surface area contributed by atoms with E-state index in [1.807, 2.05) is 11.8 Å². The van der Waals surface area contributed by atoms with Gasteiger partial charge in [0.1, 0.15) is 0 Å².